The Balaban J connectivity index is 2.02. The first kappa shape index (κ1) is 14.8. The molecule has 0 aliphatic heterocycles. The lowest BCUT2D eigenvalue weighted by atomic mass is 10.2. The predicted molar refractivity (Wildman–Crippen MR) is 81.9 cm³/mol. The lowest BCUT2D eigenvalue weighted by molar-refractivity contribution is -0.131. The van der Waals surface area contributed by atoms with Crippen LogP contribution >= 0.6 is 11.3 Å². The van der Waals surface area contributed by atoms with Crippen molar-refractivity contribution < 1.29 is 19.4 Å². The van der Waals surface area contributed by atoms with Crippen molar-refractivity contribution in [3.63, 3.8) is 0 Å². The third-order valence-corrected chi connectivity index (χ3v) is 3.53. The summed E-state index contributed by atoms with van der Waals surface area (Å²) in [4.78, 5) is 23.0. The summed E-state index contributed by atoms with van der Waals surface area (Å²) >= 11 is 1.30. The second-order valence-corrected chi connectivity index (χ2v) is 5.01. The highest BCUT2D eigenvalue weighted by atomic mass is 32.1. The Kier molecular flexibility index (Phi) is 4.73. The monoisotopic (exact) mass is 303 g/mol. The molecule has 2 aromatic rings. The van der Waals surface area contributed by atoms with Gasteiger partial charge in [0.1, 0.15) is 5.75 Å². The second kappa shape index (κ2) is 6.71. The molecule has 0 unspecified atom stereocenters. The van der Waals surface area contributed by atoms with Crippen molar-refractivity contribution in [1.29, 1.82) is 0 Å². The molecule has 5 nitrogen and oxygen atoms in total. The molecule has 108 valence electrons. The van der Waals surface area contributed by atoms with E-state index in [9.17, 15) is 9.59 Å². The Morgan fingerprint density at radius 2 is 2.00 bits per heavy atom. The van der Waals surface area contributed by atoms with Gasteiger partial charge in [0.2, 0.25) is 0 Å². The Morgan fingerprint density at radius 3 is 2.57 bits per heavy atom. The molecule has 0 aliphatic carbocycles. The van der Waals surface area contributed by atoms with Crippen molar-refractivity contribution in [3.05, 3.63) is 52.2 Å². The van der Waals surface area contributed by atoms with Crippen LogP contribution in [0.5, 0.6) is 5.75 Å². The van der Waals surface area contributed by atoms with Crippen LogP contribution < -0.4 is 10.1 Å². The van der Waals surface area contributed by atoms with Crippen LogP contribution in [0.1, 0.15) is 15.2 Å². The van der Waals surface area contributed by atoms with E-state index in [-0.39, 0.29) is 5.91 Å². The Hall–Kier alpha value is -2.60. The molecule has 0 fully saturated rings. The SMILES string of the molecule is COc1csc(C(=O)Nc2ccc(/C=C/C(=O)O)cc2)c1. The van der Waals surface area contributed by atoms with Crippen LogP contribution in [0.2, 0.25) is 0 Å². The molecule has 0 aliphatic rings. The minimum Gasteiger partial charge on any atom is -0.496 e. The first-order valence-electron chi connectivity index (χ1n) is 6.03. The topological polar surface area (TPSA) is 75.6 Å². The van der Waals surface area contributed by atoms with E-state index in [0.29, 0.717) is 16.3 Å². The van der Waals surface area contributed by atoms with Gasteiger partial charge < -0.3 is 15.2 Å². The smallest absolute Gasteiger partial charge is 0.328 e. The van der Waals surface area contributed by atoms with E-state index in [4.69, 9.17) is 9.84 Å². The summed E-state index contributed by atoms with van der Waals surface area (Å²) in [6.45, 7) is 0. The number of amides is 1. The molecule has 2 N–H and O–H groups in total. The zero-order valence-corrected chi connectivity index (χ0v) is 12.0. The summed E-state index contributed by atoms with van der Waals surface area (Å²) in [6, 6.07) is 8.55. The number of nitrogens with one attached hydrogen (secondary N) is 1. The Bertz CT molecular complexity index is 673. The minimum atomic E-state index is -1.00. The Morgan fingerprint density at radius 1 is 1.29 bits per heavy atom. The van der Waals surface area contributed by atoms with Crippen LogP contribution in [0, 0.1) is 0 Å². The van der Waals surface area contributed by atoms with E-state index >= 15 is 0 Å². The van der Waals surface area contributed by atoms with Crippen LogP contribution in [0.25, 0.3) is 6.08 Å². The van der Waals surface area contributed by atoms with Gasteiger partial charge in [0, 0.05) is 23.2 Å². The molecule has 0 spiro atoms. The van der Waals surface area contributed by atoms with Gasteiger partial charge in [-0.3, -0.25) is 4.79 Å². The number of aliphatic carboxylic acids is 1. The fourth-order valence-corrected chi connectivity index (χ4v) is 2.33. The van der Waals surface area contributed by atoms with Crippen molar-refractivity contribution in [2.45, 2.75) is 0 Å². The summed E-state index contributed by atoms with van der Waals surface area (Å²) in [5.41, 5.74) is 1.38. The molecule has 1 heterocycles. The van der Waals surface area contributed by atoms with Gasteiger partial charge in [-0.2, -0.15) is 0 Å². The van der Waals surface area contributed by atoms with E-state index in [0.717, 1.165) is 11.6 Å². The third kappa shape index (κ3) is 4.19. The summed E-state index contributed by atoms with van der Waals surface area (Å²) < 4.78 is 5.03. The fraction of sp³-hybridized carbons (Fsp3) is 0.0667. The van der Waals surface area contributed by atoms with E-state index in [2.05, 4.69) is 5.32 Å². The quantitative estimate of drug-likeness (QED) is 0.832. The average molecular weight is 303 g/mol. The van der Waals surface area contributed by atoms with Crippen molar-refractivity contribution in [1.82, 2.24) is 0 Å². The molecular formula is C15H13NO4S. The van der Waals surface area contributed by atoms with Crippen LogP contribution in [0.4, 0.5) is 5.69 Å². The molecule has 1 aromatic carbocycles. The number of carboxylic acids is 1. The highest BCUT2D eigenvalue weighted by Gasteiger charge is 2.09. The number of anilines is 1. The van der Waals surface area contributed by atoms with Gasteiger partial charge in [0.15, 0.2) is 0 Å². The van der Waals surface area contributed by atoms with E-state index in [1.807, 2.05) is 0 Å². The lowest BCUT2D eigenvalue weighted by Crippen LogP contribution is -2.09. The number of thiophene rings is 1. The maximum absolute atomic E-state index is 12.0. The van der Waals surface area contributed by atoms with Gasteiger partial charge in [0.05, 0.1) is 12.0 Å². The maximum atomic E-state index is 12.0. The first-order valence-corrected chi connectivity index (χ1v) is 6.91. The van der Waals surface area contributed by atoms with Crippen LogP contribution in [-0.4, -0.2) is 24.1 Å². The number of carbonyl (C=O) groups excluding carboxylic acids is 1. The molecule has 0 atom stereocenters. The zero-order valence-electron chi connectivity index (χ0n) is 11.2. The summed E-state index contributed by atoms with van der Waals surface area (Å²) in [7, 11) is 1.55. The molecule has 0 saturated carbocycles. The highest BCUT2D eigenvalue weighted by Crippen LogP contribution is 2.22. The van der Waals surface area contributed by atoms with Crippen molar-refractivity contribution in [3.8, 4) is 5.75 Å². The Labute approximate surface area is 125 Å². The van der Waals surface area contributed by atoms with Gasteiger partial charge in [-0.1, -0.05) is 12.1 Å². The number of benzene rings is 1. The van der Waals surface area contributed by atoms with Gasteiger partial charge in [0.25, 0.3) is 5.91 Å². The molecule has 1 aromatic heterocycles. The number of carbonyl (C=O) groups is 2. The van der Waals surface area contributed by atoms with Crippen LogP contribution in [0.3, 0.4) is 0 Å². The first-order chi connectivity index (χ1) is 10.1. The molecule has 1 amide bonds. The zero-order chi connectivity index (χ0) is 15.2. The van der Waals surface area contributed by atoms with Gasteiger partial charge in [-0.15, -0.1) is 11.3 Å². The molecule has 0 saturated heterocycles. The largest absolute Gasteiger partial charge is 0.496 e. The minimum absolute atomic E-state index is 0.211. The molecule has 0 bridgehead atoms. The van der Waals surface area contributed by atoms with E-state index < -0.39 is 5.97 Å². The highest BCUT2D eigenvalue weighted by molar-refractivity contribution is 7.12. The molecular weight excluding hydrogens is 290 g/mol. The summed E-state index contributed by atoms with van der Waals surface area (Å²) in [5, 5.41) is 13.1. The third-order valence-electron chi connectivity index (χ3n) is 2.62. The standard InChI is InChI=1S/C15H13NO4S/c1-20-12-8-13(21-9-12)15(19)16-11-5-2-10(3-6-11)4-7-14(17)18/h2-9H,1H3,(H,16,19)(H,17,18)/b7-4+. The summed E-state index contributed by atoms with van der Waals surface area (Å²) in [6.07, 6.45) is 2.55. The molecule has 21 heavy (non-hydrogen) atoms. The number of hydrogen-bond donors (Lipinski definition) is 2. The van der Waals surface area contributed by atoms with Gasteiger partial charge >= 0.3 is 5.97 Å². The van der Waals surface area contributed by atoms with Crippen LogP contribution in [-0.2, 0) is 4.79 Å². The number of rotatable bonds is 5. The average Bonchev–Trinajstić information content (AvgIpc) is 2.95. The van der Waals surface area contributed by atoms with Gasteiger partial charge in [-0.05, 0) is 23.8 Å². The number of methoxy groups -OCH3 is 1. The molecule has 6 heteroatoms. The van der Waals surface area contributed by atoms with Gasteiger partial charge in [-0.25, -0.2) is 4.79 Å². The van der Waals surface area contributed by atoms with E-state index in [1.54, 1.807) is 42.8 Å². The van der Waals surface area contributed by atoms with Crippen molar-refractivity contribution in [2.75, 3.05) is 12.4 Å². The normalized spacial score (nSPS) is 10.5. The molecule has 0 radical (unpaired) electrons. The van der Waals surface area contributed by atoms with Crippen molar-refractivity contribution >= 4 is 35.0 Å². The summed E-state index contributed by atoms with van der Waals surface area (Å²) in [5.74, 6) is -0.560. The fourth-order valence-electron chi connectivity index (χ4n) is 1.58. The van der Waals surface area contributed by atoms with E-state index in [1.165, 1.54) is 17.4 Å². The number of ether oxygens (including phenoxy) is 1. The van der Waals surface area contributed by atoms with Crippen LogP contribution in [0.15, 0.2) is 41.8 Å². The lowest BCUT2D eigenvalue weighted by Gasteiger charge is -2.03. The van der Waals surface area contributed by atoms with Crippen molar-refractivity contribution in [2.24, 2.45) is 0 Å². The molecule has 2 rings (SSSR count). The predicted octanol–water partition coefficient (Wildman–Crippen LogP) is 3.11. The number of carboxylic acid groups (broad SMARTS) is 1. The maximum Gasteiger partial charge on any atom is 0.328 e. The second-order valence-electron chi connectivity index (χ2n) is 4.10. The number of hydrogen-bond acceptors (Lipinski definition) is 4.